The van der Waals surface area contributed by atoms with E-state index in [4.69, 9.17) is 24.0 Å². The second-order valence-electron chi connectivity index (χ2n) is 13.0. The van der Waals surface area contributed by atoms with Crippen molar-refractivity contribution in [1.29, 1.82) is 0 Å². The van der Waals surface area contributed by atoms with E-state index < -0.39 is 32.5 Å². The molecule has 9 nitrogen and oxygen atoms in total. The van der Waals surface area contributed by atoms with Crippen molar-refractivity contribution in [2.75, 3.05) is 13.2 Å². The lowest BCUT2D eigenvalue weighted by molar-refractivity contribution is -0.161. The quantitative estimate of drug-likeness (QED) is 0.0237. The fraction of sp³-hybridized carbons (Fsp3) is 0.692. The summed E-state index contributed by atoms with van der Waals surface area (Å²) in [5.74, 6) is -0.233. The van der Waals surface area contributed by atoms with Gasteiger partial charge in [0, 0.05) is 12.8 Å². The smallest absolute Gasteiger partial charge is 0.462 e. The van der Waals surface area contributed by atoms with E-state index in [1.54, 1.807) is 0 Å². The summed E-state index contributed by atoms with van der Waals surface area (Å²) in [5, 5.41) is 0. The van der Waals surface area contributed by atoms with Crippen molar-refractivity contribution in [3.63, 3.8) is 0 Å². The summed E-state index contributed by atoms with van der Waals surface area (Å²) in [6.45, 7) is 5.74. The van der Waals surface area contributed by atoms with Gasteiger partial charge in [0.15, 0.2) is 6.10 Å². The van der Waals surface area contributed by atoms with Crippen molar-refractivity contribution in [2.45, 2.75) is 155 Å². The van der Waals surface area contributed by atoms with Gasteiger partial charge in [-0.05, 0) is 57.3 Å². The van der Waals surface area contributed by atoms with E-state index in [1.807, 2.05) is 12.2 Å². The molecule has 0 bridgehead atoms. The van der Waals surface area contributed by atoms with Crippen LogP contribution in [0.1, 0.15) is 136 Å². The molecular formula is C39H65O9P. The number of rotatable bonds is 31. The van der Waals surface area contributed by atoms with Crippen molar-refractivity contribution in [1.82, 2.24) is 0 Å². The average molecular weight is 709 g/mol. The molecule has 0 amide bonds. The van der Waals surface area contributed by atoms with Gasteiger partial charge < -0.3 is 24.0 Å². The molecule has 1 rings (SSSR count). The Kier molecular flexibility index (Phi) is 26.9. The Balaban J connectivity index is 2.15. The van der Waals surface area contributed by atoms with Crippen LogP contribution in [0.25, 0.3) is 0 Å². The Labute approximate surface area is 296 Å². The van der Waals surface area contributed by atoms with Crippen molar-refractivity contribution < 1.29 is 42.7 Å². The molecule has 280 valence electrons. The highest BCUT2D eigenvalue weighted by molar-refractivity contribution is 7.46. The van der Waals surface area contributed by atoms with Crippen molar-refractivity contribution in [2.24, 2.45) is 5.92 Å². The summed E-state index contributed by atoms with van der Waals surface area (Å²) < 4.78 is 31.8. The van der Waals surface area contributed by atoms with Crippen molar-refractivity contribution in [3.05, 3.63) is 60.8 Å². The summed E-state index contributed by atoms with van der Waals surface area (Å²) in [6.07, 6.45) is 37.3. The Hall–Kier alpha value is -2.29. The third-order valence-corrected chi connectivity index (χ3v) is 8.38. The van der Waals surface area contributed by atoms with Gasteiger partial charge in [0.25, 0.3) is 0 Å². The van der Waals surface area contributed by atoms with Crippen LogP contribution in [0.5, 0.6) is 0 Å². The van der Waals surface area contributed by atoms with Gasteiger partial charge in [-0.1, -0.05) is 133 Å². The first-order valence-corrected chi connectivity index (χ1v) is 20.1. The van der Waals surface area contributed by atoms with Gasteiger partial charge >= 0.3 is 19.8 Å². The molecular weight excluding hydrogens is 643 g/mol. The van der Waals surface area contributed by atoms with Crippen LogP contribution in [0.4, 0.5) is 0 Å². The highest BCUT2D eigenvalue weighted by atomic mass is 31.2. The maximum absolute atomic E-state index is 12.3. The van der Waals surface area contributed by atoms with Crippen molar-refractivity contribution in [3.8, 4) is 0 Å². The molecule has 2 N–H and O–H groups in total. The first-order valence-electron chi connectivity index (χ1n) is 18.6. The summed E-state index contributed by atoms with van der Waals surface area (Å²) in [5.41, 5.74) is 0. The zero-order valence-corrected chi connectivity index (χ0v) is 31.3. The summed E-state index contributed by atoms with van der Waals surface area (Å²) in [4.78, 5) is 42.6. The maximum atomic E-state index is 12.3. The number of esters is 2. The first kappa shape index (κ1) is 44.7. The third kappa shape index (κ3) is 30.3. The second kappa shape index (κ2) is 29.4. The maximum Gasteiger partial charge on any atom is 0.469 e. The van der Waals surface area contributed by atoms with E-state index in [2.05, 4.69) is 73.9 Å². The first-order chi connectivity index (χ1) is 23.6. The third-order valence-electron chi connectivity index (χ3n) is 7.89. The van der Waals surface area contributed by atoms with Crippen LogP contribution >= 0.6 is 7.82 Å². The fourth-order valence-electron chi connectivity index (χ4n) is 5.04. The van der Waals surface area contributed by atoms with E-state index in [1.165, 1.54) is 32.1 Å². The normalized spacial score (nSPS) is 17.4. The van der Waals surface area contributed by atoms with Gasteiger partial charge in [-0.25, -0.2) is 4.57 Å². The summed E-state index contributed by atoms with van der Waals surface area (Å²) in [6, 6.07) is 0. The zero-order valence-electron chi connectivity index (χ0n) is 30.4. The lowest BCUT2D eigenvalue weighted by Gasteiger charge is -2.18. The van der Waals surface area contributed by atoms with Gasteiger partial charge in [0.05, 0.1) is 18.8 Å². The molecule has 1 fully saturated rings. The SMILES string of the molecule is CC/C=C\CC1OC1C/C=C\C/C=C\C/C=C\C/C=C\CCC(=O)OC[C@H](COP(=O)(O)O)OC(=O)CCCCCCCCCCC(C)C. The molecule has 1 aliphatic rings. The van der Waals surface area contributed by atoms with Crippen LogP contribution in [0, 0.1) is 5.92 Å². The van der Waals surface area contributed by atoms with Crippen LogP contribution in [0.15, 0.2) is 60.8 Å². The Bertz CT molecular complexity index is 1060. The lowest BCUT2D eigenvalue weighted by atomic mass is 10.0. The minimum atomic E-state index is -4.77. The van der Waals surface area contributed by atoms with Gasteiger partial charge in [-0.15, -0.1) is 0 Å². The Morgan fingerprint density at radius 2 is 1.22 bits per heavy atom. The van der Waals surface area contributed by atoms with Crippen LogP contribution in [-0.4, -0.2) is 53.3 Å². The average Bonchev–Trinajstić information content (AvgIpc) is 3.80. The minimum absolute atomic E-state index is 0.137. The molecule has 49 heavy (non-hydrogen) atoms. The van der Waals surface area contributed by atoms with E-state index in [0.717, 1.165) is 63.7 Å². The van der Waals surface area contributed by atoms with Crippen LogP contribution in [0.2, 0.25) is 0 Å². The molecule has 0 aromatic heterocycles. The second-order valence-corrected chi connectivity index (χ2v) is 14.3. The van der Waals surface area contributed by atoms with Gasteiger partial charge in [0.1, 0.15) is 6.61 Å². The van der Waals surface area contributed by atoms with Crippen molar-refractivity contribution >= 4 is 19.8 Å². The standard InChI is InChI=1S/C39H65O9P/c1-4-5-22-28-36-37(48-36)29-24-19-15-10-8-6-7-9-11-16-20-25-30-38(40)45-32-35(33-46-49(42,43)44)47-39(41)31-26-21-17-13-12-14-18-23-27-34(2)3/h5,7-10,16,19-20,22,24,34-37H,4,6,11-15,17-18,21,23,25-33H2,1-3H3,(H2,42,43,44)/b9-7-,10-8-,20-16-,22-5-,24-19-/t35-,36?,37?/m1/s1. The summed E-state index contributed by atoms with van der Waals surface area (Å²) in [7, 11) is -4.77. The Morgan fingerprint density at radius 3 is 1.80 bits per heavy atom. The highest BCUT2D eigenvalue weighted by Crippen LogP contribution is 2.36. The number of hydrogen-bond donors (Lipinski definition) is 2. The molecule has 0 aromatic rings. The lowest BCUT2D eigenvalue weighted by Crippen LogP contribution is -2.29. The number of phosphoric ester groups is 1. The van der Waals surface area contributed by atoms with E-state index in [9.17, 15) is 14.2 Å². The molecule has 0 spiro atoms. The Morgan fingerprint density at radius 1 is 0.694 bits per heavy atom. The number of ether oxygens (including phenoxy) is 3. The van der Waals surface area contributed by atoms with Gasteiger partial charge in [-0.3, -0.25) is 14.1 Å². The summed E-state index contributed by atoms with van der Waals surface area (Å²) >= 11 is 0. The molecule has 10 heteroatoms. The molecule has 0 aliphatic carbocycles. The van der Waals surface area contributed by atoms with E-state index >= 15 is 0 Å². The molecule has 2 unspecified atom stereocenters. The van der Waals surface area contributed by atoms with E-state index in [0.29, 0.717) is 25.0 Å². The number of carbonyl (C=O) groups is 2. The molecule has 1 aliphatic heterocycles. The molecule has 1 heterocycles. The predicted octanol–water partition coefficient (Wildman–Crippen LogP) is 9.80. The molecule has 0 radical (unpaired) electrons. The molecule has 3 atom stereocenters. The number of unbranched alkanes of at least 4 members (excludes halogenated alkanes) is 7. The predicted molar refractivity (Wildman–Crippen MR) is 197 cm³/mol. The number of hydrogen-bond acceptors (Lipinski definition) is 7. The molecule has 1 saturated heterocycles. The highest BCUT2D eigenvalue weighted by Gasteiger charge is 2.35. The number of epoxide rings is 1. The zero-order chi connectivity index (χ0) is 36.0. The molecule has 0 saturated carbocycles. The van der Waals surface area contributed by atoms with Gasteiger partial charge in [-0.2, -0.15) is 0 Å². The van der Waals surface area contributed by atoms with Crippen LogP contribution in [0.3, 0.4) is 0 Å². The minimum Gasteiger partial charge on any atom is -0.462 e. The monoisotopic (exact) mass is 708 g/mol. The van der Waals surface area contributed by atoms with Gasteiger partial charge in [0.2, 0.25) is 0 Å². The number of carbonyl (C=O) groups excluding carboxylic acids is 2. The molecule has 0 aromatic carbocycles. The van der Waals surface area contributed by atoms with Crippen LogP contribution < -0.4 is 0 Å². The fourth-order valence-corrected chi connectivity index (χ4v) is 5.40. The largest absolute Gasteiger partial charge is 0.469 e. The topological polar surface area (TPSA) is 132 Å². The number of allylic oxidation sites excluding steroid dienone is 8. The number of phosphoric acid groups is 1. The van der Waals surface area contributed by atoms with Crippen LogP contribution in [-0.2, 0) is 32.9 Å². The van der Waals surface area contributed by atoms with E-state index in [-0.39, 0.29) is 19.4 Å².